The van der Waals surface area contributed by atoms with Gasteiger partial charge in [-0.15, -0.1) is 0 Å². The second-order valence-corrected chi connectivity index (χ2v) is 3.65. The maximum atomic E-state index is 10.4. The molecule has 0 aliphatic heterocycles. The third-order valence-electron chi connectivity index (χ3n) is 2.38. The Balaban J connectivity index is 2.19. The fourth-order valence-corrected chi connectivity index (χ4v) is 1.62. The van der Waals surface area contributed by atoms with Gasteiger partial charge in [0.05, 0.1) is 12.1 Å². The van der Waals surface area contributed by atoms with Gasteiger partial charge in [0.1, 0.15) is 5.82 Å². The molecule has 3 N–H and O–H groups in total. The molecule has 0 aliphatic rings. The summed E-state index contributed by atoms with van der Waals surface area (Å²) in [5.74, 6) is -0.0895. The second kappa shape index (κ2) is 4.22. The van der Waals surface area contributed by atoms with Crippen molar-refractivity contribution in [3.63, 3.8) is 0 Å². The van der Waals surface area contributed by atoms with Crippen molar-refractivity contribution in [1.82, 2.24) is 15.0 Å². The number of aliphatic carboxylic acids is 1. The van der Waals surface area contributed by atoms with E-state index in [1.807, 2.05) is 25.4 Å². The summed E-state index contributed by atoms with van der Waals surface area (Å²) in [5.41, 5.74) is 2.84. The molecule has 2 aromatic heterocycles. The van der Waals surface area contributed by atoms with Gasteiger partial charge < -0.3 is 15.1 Å². The van der Waals surface area contributed by atoms with Gasteiger partial charge in [-0.3, -0.25) is 4.79 Å². The third kappa shape index (κ3) is 2.13. The number of carboxylic acids is 1. The van der Waals surface area contributed by atoms with E-state index in [9.17, 15) is 4.79 Å². The number of nitrogens with zero attached hydrogens (tertiary/aromatic N) is 1. The van der Waals surface area contributed by atoms with Crippen LogP contribution in [-0.4, -0.2) is 26.0 Å². The highest BCUT2D eigenvalue weighted by Crippen LogP contribution is 2.20. The topological polar surface area (TPSA) is 81.8 Å². The standard InChI is InChI=1S/C11H13N3O2/c1-7-11(8-4-5-12-6-8)14-9(13-7)2-3-10(15)16/h4-6,12H,2-3H2,1H3,(H,13,14)(H,15,16). The molecule has 16 heavy (non-hydrogen) atoms. The Bertz CT molecular complexity index is 485. The quantitative estimate of drug-likeness (QED) is 0.732. The molecule has 0 bridgehead atoms. The van der Waals surface area contributed by atoms with E-state index in [4.69, 9.17) is 5.11 Å². The summed E-state index contributed by atoms with van der Waals surface area (Å²) in [6, 6.07) is 1.93. The highest BCUT2D eigenvalue weighted by atomic mass is 16.4. The number of carboxylic acid groups (broad SMARTS) is 1. The minimum atomic E-state index is -0.808. The molecule has 0 spiro atoms. The number of rotatable bonds is 4. The largest absolute Gasteiger partial charge is 0.481 e. The van der Waals surface area contributed by atoms with E-state index < -0.39 is 5.97 Å². The van der Waals surface area contributed by atoms with Crippen molar-refractivity contribution in [3.8, 4) is 11.3 Å². The number of aromatic amines is 2. The first-order valence-electron chi connectivity index (χ1n) is 5.07. The van der Waals surface area contributed by atoms with Crippen LogP contribution in [0, 0.1) is 6.92 Å². The summed E-state index contributed by atoms with van der Waals surface area (Å²) in [6.07, 6.45) is 4.23. The van der Waals surface area contributed by atoms with Gasteiger partial charge in [-0.1, -0.05) is 0 Å². The van der Waals surface area contributed by atoms with Crippen LogP contribution in [0.4, 0.5) is 0 Å². The van der Waals surface area contributed by atoms with Crippen LogP contribution in [0.5, 0.6) is 0 Å². The predicted molar refractivity (Wildman–Crippen MR) is 59.1 cm³/mol. The van der Waals surface area contributed by atoms with Crippen LogP contribution in [0.15, 0.2) is 18.5 Å². The molecule has 2 heterocycles. The lowest BCUT2D eigenvalue weighted by Gasteiger charge is -1.91. The van der Waals surface area contributed by atoms with Gasteiger partial charge >= 0.3 is 5.97 Å². The van der Waals surface area contributed by atoms with E-state index in [1.165, 1.54) is 0 Å². The molecule has 84 valence electrons. The maximum absolute atomic E-state index is 10.4. The molecular formula is C11H13N3O2. The molecule has 0 aromatic carbocycles. The van der Waals surface area contributed by atoms with Crippen molar-refractivity contribution >= 4 is 5.97 Å². The first kappa shape index (κ1) is 10.5. The summed E-state index contributed by atoms with van der Waals surface area (Å²) in [5, 5.41) is 8.59. The highest BCUT2D eigenvalue weighted by molar-refractivity contribution is 5.67. The molecule has 0 radical (unpaired) electrons. The molecular weight excluding hydrogens is 206 g/mol. The van der Waals surface area contributed by atoms with Crippen LogP contribution in [0.2, 0.25) is 0 Å². The van der Waals surface area contributed by atoms with Gasteiger partial charge in [-0.2, -0.15) is 0 Å². The number of imidazole rings is 1. The summed E-state index contributed by atoms with van der Waals surface area (Å²) >= 11 is 0. The number of hydrogen-bond donors (Lipinski definition) is 3. The molecule has 2 rings (SSSR count). The lowest BCUT2D eigenvalue weighted by molar-refractivity contribution is -0.137. The predicted octanol–water partition coefficient (Wildman–Crippen LogP) is 1.73. The first-order valence-corrected chi connectivity index (χ1v) is 5.07. The number of carbonyl (C=O) groups is 1. The number of aromatic nitrogens is 3. The van der Waals surface area contributed by atoms with Crippen LogP contribution in [-0.2, 0) is 11.2 Å². The number of aryl methyl sites for hydroxylation is 2. The average Bonchev–Trinajstić information content (AvgIpc) is 2.83. The molecule has 0 unspecified atom stereocenters. The van der Waals surface area contributed by atoms with Gasteiger partial charge in [0.2, 0.25) is 0 Å². The molecule has 0 amide bonds. The minimum Gasteiger partial charge on any atom is -0.481 e. The monoisotopic (exact) mass is 219 g/mol. The summed E-state index contributed by atoms with van der Waals surface area (Å²) in [6.45, 7) is 1.93. The second-order valence-electron chi connectivity index (χ2n) is 3.65. The third-order valence-corrected chi connectivity index (χ3v) is 2.38. The van der Waals surface area contributed by atoms with Crippen LogP contribution in [0.1, 0.15) is 17.9 Å². The van der Waals surface area contributed by atoms with Crippen molar-refractivity contribution in [3.05, 3.63) is 30.0 Å². The van der Waals surface area contributed by atoms with Crippen molar-refractivity contribution in [2.45, 2.75) is 19.8 Å². The minimum absolute atomic E-state index is 0.0968. The SMILES string of the molecule is Cc1[nH]c(CCC(=O)O)nc1-c1cc[nH]c1. The zero-order chi connectivity index (χ0) is 11.5. The fraction of sp³-hybridized carbons (Fsp3) is 0.273. The van der Waals surface area contributed by atoms with Gasteiger partial charge in [-0.25, -0.2) is 4.98 Å². The zero-order valence-corrected chi connectivity index (χ0v) is 8.95. The van der Waals surface area contributed by atoms with Gasteiger partial charge in [0, 0.05) is 30.1 Å². The number of hydrogen-bond acceptors (Lipinski definition) is 2. The Kier molecular flexibility index (Phi) is 2.76. The summed E-state index contributed by atoms with van der Waals surface area (Å²) in [4.78, 5) is 20.9. The highest BCUT2D eigenvalue weighted by Gasteiger charge is 2.09. The molecule has 0 aliphatic carbocycles. The number of nitrogens with one attached hydrogen (secondary N) is 2. The summed E-state index contributed by atoms with van der Waals surface area (Å²) in [7, 11) is 0. The Morgan fingerprint density at radius 1 is 1.56 bits per heavy atom. The van der Waals surface area contributed by atoms with Crippen LogP contribution < -0.4 is 0 Å². The van der Waals surface area contributed by atoms with Gasteiger partial charge in [-0.05, 0) is 13.0 Å². The Hall–Kier alpha value is -2.04. The van der Waals surface area contributed by atoms with E-state index >= 15 is 0 Å². The molecule has 0 atom stereocenters. The lowest BCUT2D eigenvalue weighted by Crippen LogP contribution is -1.98. The van der Waals surface area contributed by atoms with Crippen molar-refractivity contribution in [2.75, 3.05) is 0 Å². The van der Waals surface area contributed by atoms with E-state index in [0.717, 1.165) is 22.8 Å². The normalized spacial score (nSPS) is 10.6. The lowest BCUT2D eigenvalue weighted by atomic mass is 10.2. The molecule has 5 heteroatoms. The smallest absolute Gasteiger partial charge is 0.303 e. The Morgan fingerprint density at radius 2 is 2.38 bits per heavy atom. The Morgan fingerprint density at radius 3 is 3.00 bits per heavy atom. The molecule has 0 saturated heterocycles. The van der Waals surface area contributed by atoms with E-state index in [2.05, 4.69) is 15.0 Å². The van der Waals surface area contributed by atoms with Crippen molar-refractivity contribution in [1.29, 1.82) is 0 Å². The summed E-state index contributed by atoms with van der Waals surface area (Å²) < 4.78 is 0. The molecule has 2 aromatic rings. The molecule has 0 fully saturated rings. The van der Waals surface area contributed by atoms with E-state index in [1.54, 1.807) is 0 Å². The first-order chi connectivity index (χ1) is 7.66. The van der Waals surface area contributed by atoms with E-state index in [0.29, 0.717) is 6.42 Å². The van der Waals surface area contributed by atoms with Gasteiger partial charge in [0.15, 0.2) is 0 Å². The molecule has 5 nitrogen and oxygen atoms in total. The maximum Gasteiger partial charge on any atom is 0.303 e. The van der Waals surface area contributed by atoms with Crippen LogP contribution in [0.3, 0.4) is 0 Å². The van der Waals surface area contributed by atoms with Crippen molar-refractivity contribution < 1.29 is 9.90 Å². The van der Waals surface area contributed by atoms with E-state index in [-0.39, 0.29) is 6.42 Å². The number of H-pyrrole nitrogens is 2. The molecule has 0 saturated carbocycles. The Labute approximate surface area is 92.5 Å². The van der Waals surface area contributed by atoms with Crippen LogP contribution in [0.25, 0.3) is 11.3 Å². The fourth-order valence-electron chi connectivity index (χ4n) is 1.62. The zero-order valence-electron chi connectivity index (χ0n) is 8.95. The van der Waals surface area contributed by atoms with Gasteiger partial charge in [0.25, 0.3) is 0 Å². The average molecular weight is 219 g/mol. The van der Waals surface area contributed by atoms with Crippen molar-refractivity contribution in [2.24, 2.45) is 0 Å². The van der Waals surface area contributed by atoms with Crippen LogP contribution >= 0.6 is 0 Å².